The summed E-state index contributed by atoms with van der Waals surface area (Å²) in [5.41, 5.74) is 12.8. The summed E-state index contributed by atoms with van der Waals surface area (Å²) >= 11 is 0. The lowest BCUT2D eigenvalue weighted by molar-refractivity contribution is -0.125. The predicted octanol–water partition coefficient (Wildman–Crippen LogP) is 0.846. The summed E-state index contributed by atoms with van der Waals surface area (Å²) in [6.07, 6.45) is 2.15. The van der Waals surface area contributed by atoms with Gasteiger partial charge in [-0.15, -0.1) is 12.4 Å². The van der Waals surface area contributed by atoms with Gasteiger partial charge in [0.05, 0.1) is 24.0 Å². The second-order valence-electron chi connectivity index (χ2n) is 6.83. The number of nitrogens with one attached hydrogen (secondary N) is 2. The van der Waals surface area contributed by atoms with Crippen LogP contribution >= 0.6 is 12.4 Å². The van der Waals surface area contributed by atoms with Crippen molar-refractivity contribution in [3.63, 3.8) is 0 Å². The second-order valence-corrected chi connectivity index (χ2v) is 6.83. The Bertz CT molecular complexity index is 690. The number of hydrogen-bond donors (Lipinski definition) is 4. The summed E-state index contributed by atoms with van der Waals surface area (Å²) in [4.78, 5) is 37.7. The second kappa shape index (κ2) is 10.1. The Morgan fingerprint density at radius 2 is 1.81 bits per heavy atom. The van der Waals surface area contributed by atoms with Gasteiger partial charge in [-0.3, -0.25) is 14.4 Å². The van der Waals surface area contributed by atoms with E-state index in [2.05, 4.69) is 15.5 Å². The molecule has 1 saturated heterocycles. The fraction of sp³-hybridized carbons (Fsp3) is 0.500. The van der Waals surface area contributed by atoms with Crippen LogP contribution in [0, 0.1) is 5.92 Å². The molecule has 1 aromatic rings. The predicted molar refractivity (Wildman–Crippen MR) is 108 cm³/mol. The summed E-state index contributed by atoms with van der Waals surface area (Å²) < 4.78 is 0. The van der Waals surface area contributed by atoms with Crippen LogP contribution in [0.2, 0.25) is 0 Å². The van der Waals surface area contributed by atoms with E-state index >= 15 is 0 Å². The Labute approximate surface area is 165 Å². The third-order valence-electron chi connectivity index (χ3n) is 4.45. The minimum Gasteiger partial charge on any atom is -0.370 e. The highest BCUT2D eigenvalue weighted by atomic mass is 35.5. The van der Waals surface area contributed by atoms with Crippen molar-refractivity contribution >= 4 is 41.5 Å². The van der Waals surface area contributed by atoms with Crippen molar-refractivity contribution in [2.45, 2.75) is 32.7 Å². The van der Waals surface area contributed by atoms with E-state index < -0.39 is 17.9 Å². The van der Waals surface area contributed by atoms with Crippen molar-refractivity contribution < 1.29 is 14.4 Å². The molecule has 6 N–H and O–H groups in total. The van der Waals surface area contributed by atoms with Gasteiger partial charge in [0.1, 0.15) is 0 Å². The van der Waals surface area contributed by atoms with Crippen LogP contribution < -0.4 is 27.0 Å². The highest BCUT2D eigenvalue weighted by molar-refractivity contribution is 6.01. The van der Waals surface area contributed by atoms with Gasteiger partial charge >= 0.3 is 0 Å². The zero-order valence-electron chi connectivity index (χ0n) is 15.7. The molecule has 0 spiro atoms. The molecular formula is C18H28ClN5O3. The van der Waals surface area contributed by atoms with Gasteiger partial charge in [0.2, 0.25) is 17.7 Å². The molecule has 0 radical (unpaired) electrons. The molecule has 1 aliphatic rings. The minimum atomic E-state index is -0.666. The number of carbonyl (C=O) groups is 3. The number of nitrogens with zero attached hydrogens (tertiary/aromatic N) is 1. The average molecular weight is 398 g/mol. The molecule has 1 aromatic carbocycles. The van der Waals surface area contributed by atoms with Gasteiger partial charge in [0.25, 0.3) is 0 Å². The molecule has 8 nitrogen and oxygen atoms in total. The first-order chi connectivity index (χ1) is 12.3. The Morgan fingerprint density at radius 1 is 1.19 bits per heavy atom. The summed E-state index contributed by atoms with van der Waals surface area (Å²) in [7, 11) is 0. The Morgan fingerprint density at radius 3 is 2.37 bits per heavy atom. The Hall–Kier alpha value is -2.32. The molecule has 0 unspecified atom stereocenters. The van der Waals surface area contributed by atoms with E-state index in [1.54, 1.807) is 18.2 Å². The molecule has 1 heterocycles. The maximum atomic E-state index is 12.3. The monoisotopic (exact) mass is 397 g/mol. The van der Waals surface area contributed by atoms with Gasteiger partial charge in [0.15, 0.2) is 0 Å². The van der Waals surface area contributed by atoms with E-state index in [-0.39, 0.29) is 30.8 Å². The fourth-order valence-corrected chi connectivity index (χ4v) is 2.81. The SMILES string of the molecule is CC(C)[C@H](N)C(=O)NCC(=O)Nc1cc(C(N)=O)ccc1N1CCCC1.Cl. The number of anilines is 2. The van der Waals surface area contributed by atoms with Crippen LogP contribution in [0.4, 0.5) is 11.4 Å². The first-order valence-electron chi connectivity index (χ1n) is 8.81. The zero-order chi connectivity index (χ0) is 19.3. The normalized spacial score (nSPS) is 14.4. The number of nitrogens with two attached hydrogens (primary N) is 2. The number of carbonyl (C=O) groups excluding carboxylic acids is 3. The lowest BCUT2D eigenvalue weighted by Crippen LogP contribution is -2.46. The van der Waals surface area contributed by atoms with Crippen LogP contribution in [0.3, 0.4) is 0 Å². The number of benzene rings is 1. The summed E-state index contributed by atoms with van der Waals surface area (Å²) in [6.45, 7) is 5.25. The molecule has 1 atom stereocenters. The molecular weight excluding hydrogens is 370 g/mol. The number of halogens is 1. The molecule has 150 valence electrons. The minimum absolute atomic E-state index is 0. The van der Waals surface area contributed by atoms with E-state index in [0.29, 0.717) is 11.3 Å². The van der Waals surface area contributed by atoms with Crippen molar-refractivity contribution in [2.24, 2.45) is 17.4 Å². The molecule has 9 heteroatoms. The van der Waals surface area contributed by atoms with Gasteiger partial charge in [0, 0.05) is 18.7 Å². The number of hydrogen-bond acceptors (Lipinski definition) is 5. The summed E-state index contributed by atoms with van der Waals surface area (Å²) in [5.74, 6) is -1.35. The van der Waals surface area contributed by atoms with Crippen LogP contribution in [0.5, 0.6) is 0 Å². The molecule has 0 saturated carbocycles. The molecule has 3 amide bonds. The van der Waals surface area contributed by atoms with E-state index in [9.17, 15) is 14.4 Å². The lowest BCUT2D eigenvalue weighted by Gasteiger charge is -2.22. The smallest absolute Gasteiger partial charge is 0.248 e. The Kier molecular flexibility index (Phi) is 8.52. The van der Waals surface area contributed by atoms with E-state index in [4.69, 9.17) is 11.5 Å². The van der Waals surface area contributed by atoms with Crippen molar-refractivity contribution in [1.29, 1.82) is 0 Å². The number of rotatable bonds is 7. The van der Waals surface area contributed by atoms with E-state index in [0.717, 1.165) is 31.6 Å². The standard InChI is InChI=1S/C18H27N5O3.ClH/c1-11(2)16(19)18(26)21-10-15(24)22-13-9-12(17(20)25)5-6-14(13)23-7-3-4-8-23;/h5-6,9,11,16H,3-4,7-8,10,19H2,1-2H3,(H2,20,25)(H,21,26)(H,22,24);1H/t16-;/m0./s1. The molecule has 0 aromatic heterocycles. The van der Waals surface area contributed by atoms with Gasteiger partial charge < -0.3 is 27.0 Å². The largest absolute Gasteiger partial charge is 0.370 e. The maximum Gasteiger partial charge on any atom is 0.248 e. The van der Waals surface area contributed by atoms with E-state index in [1.165, 1.54) is 0 Å². The third-order valence-corrected chi connectivity index (χ3v) is 4.45. The van der Waals surface area contributed by atoms with Gasteiger partial charge in [-0.05, 0) is 37.0 Å². The quantitative estimate of drug-likeness (QED) is 0.541. The molecule has 0 bridgehead atoms. The maximum absolute atomic E-state index is 12.3. The summed E-state index contributed by atoms with van der Waals surface area (Å²) in [6, 6.07) is 4.33. The number of amides is 3. The highest BCUT2D eigenvalue weighted by Gasteiger charge is 2.20. The van der Waals surface area contributed by atoms with Crippen LogP contribution in [-0.4, -0.2) is 43.4 Å². The van der Waals surface area contributed by atoms with Gasteiger partial charge in [-0.2, -0.15) is 0 Å². The van der Waals surface area contributed by atoms with Crippen molar-refractivity contribution in [1.82, 2.24) is 5.32 Å². The molecule has 27 heavy (non-hydrogen) atoms. The van der Waals surface area contributed by atoms with Crippen molar-refractivity contribution in [2.75, 3.05) is 29.9 Å². The molecule has 1 fully saturated rings. The van der Waals surface area contributed by atoms with Crippen LogP contribution in [0.15, 0.2) is 18.2 Å². The van der Waals surface area contributed by atoms with Gasteiger partial charge in [-0.1, -0.05) is 13.8 Å². The fourth-order valence-electron chi connectivity index (χ4n) is 2.81. The Balaban J connectivity index is 0.00000364. The molecule has 2 rings (SSSR count). The van der Waals surface area contributed by atoms with Crippen molar-refractivity contribution in [3.8, 4) is 0 Å². The van der Waals surface area contributed by atoms with Gasteiger partial charge in [-0.25, -0.2) is 0 Å². The number of primary amides is 1. The topological polar surface area (TPSA) is 131 Å². The zero-order valence-corrected chi connectivity index (χ0v) is 16.5. The van der Waals surface area contributed by atoms with E-state index in [1.807, 2.05) is 13.8 Å². The molecule has 1 aliphatic heterocycles. The van der Waals surface area contributed by atoms with Crippen LogP contribution in [0.25, 0.3) is 0 Å². The lowest BCUT2D eigenvalue weighted by atomic mass is 10.1. The van der Waals surface area contributed by atoms with Crippen LogP contribution in [0.1, 0.15) is 37.0 Å². The third kappa shape index (κ3) is 6.11. The van der Waals surface area contributed by atoms with Crippen molar-refractivity contribution in [3.05, 3.63) is 23.8 Å². The highest BCUT2D eigenvalue weighted by Crippen LogP contribution is 2.30. The van der Waals surface area contributed by atoms with Crippen LogP contribution in [-0.2, 0) is 9.59 Å². The summed E-state index contributed by atoms with van der Waals surface area (Å²) in [5, 5.41) is 5.29. The first-order valence-corrected chi connectivity index (χ1v) is 8.81. The first kappa shape index (κ1) is 22.7. The average Bonchev–Trinajstić information content (AvgIpc) is 3.13. The molecule has 0 aliphatic carbocycles.